The minimum atomic E-state index is -5.29. The van der Waals surface area contributed by atoms with E-state index in [4.69, 9.17) is 0 Å². The summed E-state index contributed by atoms with van der Waals surface area (Å²) >= 11 is 0. The average Bonchev–Trinajstić information content (AvgIpc) is 3.28. The lowest BCUT2D eigenvalue weighted by atomic mass is 9.98. The second kappa shape index (κ2) is 11.5. The van der Waals surface area contributed by atoms with Crippen LogP contribution >= 0.6 is 0 Å². The van der Waals surface area contributed by atoms with Crippen molar-refractivity contribution in [3.8, 4) is 28.6 Å². The van der Waals surface area contributed by atoms with E-state index in [9.17, 15) is 44.7 Å². The van der Waals surface area contributed by atoms with Crippen molar-refractivity contribution in [1.82, 2.24) is 19.7 Å². The molecule has 236 valence electrons. The van der Waals surface area contributed by atoms with E-state index in [2.05, 4.69) is 24.4 Å². The highest BCUT2D eigenvalue weighted by atomic mass is 32.2. The summed E-state index contributed by atoms with van der Waals surface area (Å²) < 4.78 is 116. The van der Waals surface area contributed by atoms with E-state index in [1.165, 1.54) is 37.4 Å². The van der Waals surface area contributed by atoms with Crippen LogP contribution in [0.2, 0.25) is 0 Å². The van der Waals surface area contributed by atoms with Crippen LogP contribution in [0.4, 0.5) is 26.3 Å². The number of halogens is 6. The first kappa shape index (κ1) is 31.4. The zero-order valence-corrected chi connectivity index (χ0v) is 23.6. The number of hydrogen-bond donors (Lipinski definition) is 3. The van der Waals surface area contributed by atoms with Gasteiger partial charge in [-0.15, -0.1) is 26.3 Å². The number of sulfonamides is 1. The predicted octanol–water partition coefficient (Wildman–Crippen LogP) is 5.78. The number of hydrogen-bond acceptors (Lipinski definition) is 8. The molecule has 0 fully saturated rings. The molecular weight excluding hydrogens is 634 g/mol. The Balaban J connectivity index is 1.57. The summed E-state index contributed by atoms with van der Waals surface area (Å²) in [5.74, 6) is -4.71. The van der Waals surface area contributed by atoms with Crippen LogP contribution < -0.4 is 14.2 Å². The molecule has 10 nitrogen and oxygen atoms in total. The van der Waals surface area contributed by atoms with Crippen LogP contribution in [0.15, 0.2) is 60.9 Å². The number of phenols is 1. The second-order valence-corrected chi connectivity index (χ2v) is 11.4. The molecule has 1 amide bonds. The molecule has 0 saturated heterocycles. The quantitative estimate of drug-likeness (QED) is 0.179. The number of benzene rings is 2. The highest BCUT2D eigenvalue weighted by molar-refractivity contribution is 7.89. The van der Waals surface area contributed by atoms with E-state index in [-0.39, 0.29) is 28.8 Å². The molecule has 0 atom stereocenters. The minimum Gasteiger partial charge on any atom is -0.504 e. The van der Waals surface area contributed by atoms with E-state index in [0.29, 0.717) is 5.69 Å². The Hall–Kier alpha value is -5.06. The second-order valence-electron chi connectivity index (χ2n) is 9.68. The van der Waals surface area contributed by atoms with Crippen molar-refractivity contribution in [1.29, 1.82) is 0 Å². The van der Waals surface area contributed by atoms with Gasteiger partial charge < -0.3 is 19.6 Å². The van der Waals surface area contributed by atoms with Crippen molar-refractivity contribution in [3.05, 3.63) is 77.7 Å². The van der Waals surface area contributed by atoms with E-state index in [1.807, 2.05) is 4.72 Å². The number of H-pyrrole nitrogens is 1. The molecule has 0 unspecified atom stereocenters. The van der Waals surface area contributed by atoms with Gasteiger partial charge in [0.25, 0.3) is 0 Å². The van der Waals surface area contributed by atoms with Crippen molar-refractivity contribution < 1.29 is 54.1 Å². The number of nitrogens with zero attached hydrogens (tertiary/aromatic N) is 2. The number of carbonyl (C=O) groups is 1. The first-order valence-corrected chi connectivity index (χ1v) is 14.4. The van der Waals surface area contributed by atoms with Crippen molar-refractivity contribution >= 4 is 37.6 Å². The standard InChI is InChI=1S/C28H20F6N4O6S/c1-14-11-15(13-45(41,42)38-19(39)12-16-5-2-3-9-35-16)7-8-17(14)23-20-21(26(37-23)44-28(32,33)34)22-18(6-4-10-36-22)25(24(20)40)43-27(29,30)31/h2-11,37,40H,12-13H2,1H3,(H,38,39). The summed E-state index contributed by atoms with van der Waals surface area (Å²) in [5.41, 5.74) is 0.121. The number of alkyl halides is 6. The summed E-state index contributed by atoms with van der Waals surface area (Å²) in [4.78, 5) is 22.5. The van der Waals surface area contributed by atoms with Gasteiger partial charge in [-0.3, -0.25) is 19.5 Å². The fourth-order valence-corrected chi connectivity index (χ4v) is 5.92. The third kappa shape index (κ3) is 7.03. The molecule has 0 aliphatic rings. The molecule has 5 aromatic rings. The van der Waals surface area contributed by atoms with E-state index in [1.54, 1.807) is 18.2 Å². The van der Waals surface area contributed by atoms with E-state index in [0.717, 1.165) is 12.3 Å². The number of ether oxygens (including phenoxy) is 2. The number of nitrogens with one attached hydrogen (secondary N) is 2. The van der Waals surface area contributed by atoms with Gasteiger partial charge in [-0.05, 0) is 42.3 Å². The number of phenolic OH excluding ortho intramolecular Hbond substituents is 1. The maximum atomic E-state index is 13.4. The number of rotatable bonds is 8. The fraction of sp³-hybridized carbons (Fsp3) is 0.179. The largest absolute Gasteiger partial charge is 0.574 e. The SMILES string of the molecule is Cc1cc(CS(=O)(=O)NC(=O)Cc2ccccn2)ccc1-c1[nH]c(OC(F)(F)F)c2c1c(O)c(OC(F)(F)F)c1cccnc12. The summed E-state index contributed by atoms with van der Waals surface area (Å²) in [5, 5.41) is 9.57. The third-order valence-corrected chi connectivity index (χ3v) is 7.65. The molecule has 3 heterocycles. The Kier molecular flexibility index (Phi) is 7.99. The van der Waals surface area contributed by atoms with E-state index < -0.39 is 73.5 Å². The molecule has 0 aliphatic heterocycles. The Bertz CT molecular complexity index is 2030. The monoisotopic (exact) mass is 654 g/mol. The molecule has 45 heavy (non-hydrogen) atoms. The molecule has 0 aliphatic carbocycles. The number of amides is 1. The number of pyridine rings is 2. The molecule has 2 aromatic carbocycles. The van der Waals surface area contributed by atoms with Crippen LogP contribution in [0.25, 0.3) is 32.9 Å². The topological polar surface area (TPSA) is 144 Å². The highest BCUT2D eigenvalue weighted by Gasteiger charge is 2.38. The summed E-state index contributed by atoms with van der Waals surface area (Å²) in [6.07, 6.45) is -8.27. The third-order valence-electron chi connectivity index (χ3n) is 6.40. The Morgan fingerprint density at radius 2 is 1.67 bits per heavy atom. The predicted molar refractivity (Wildman–Crippen MR) is 148 cm³/mol. The number of aromatic nitrogens is 3. The van der Waals surface area contributed by atoms with Gasteiger partial charge >= 0.3 is 12.7 Å². The molecule has 0 saturated carbocycles. The number of fused-ring (bicyclic) bond motifs is 3. The van der Waals surface area contributed by atoms with Gasteiger partial charge in [0.05, 0.1) is 34.2 Å². The van der Waals surface area contributed by atoms with Gasteiger partial charge in [0.15, 0.2) is 11.5 Å². The maximum absolute atomic E-state index is 13.4. The summed E-state index contributed by atoms with van der Waals surface area (Å²) in [6, 6.07) is 11.0. The van der Waals surface area contributed by atoms with Crippen molar-refractivity contribution in [2.75, 3.05) is 0 Å². The maximum Gasteiger partial charge on any atom is 0.574 e. The summed E-state index contributed by atoms with van der Waals surface area (Å²) in [6.45, 7) is 1.45. The Morgan fingerprint density at radius 1 is 0.956 bits per heavy atom. The van der Waals surface area contributed by atoms with Crippen molar-refractivity contribution in [2.24, 2.45) is 0 Å². The number of carbonyl (C=O) groups excluding carboxylic acids is 1. The average molecular weight is 655 g/mol. The normalized spacial score (nSPS) is 12.4. The van der Waals surface area contributed by atoms with Crippen LogP contribution in [0, 0.1) is 6.92 Å². The van der Waals surface area contributed by atoms with Gasteiger partial charge in [0.1, 0.15) is 0 Å². The van der Waals surface area contributed by atoms with Crippen LogP contribution in [0.3, 0.4) is 0 Å². The van der Waals surface area contributed by atoms with Gasteiger partial charge in [-0.2, -0.15) is 0 Å². The van der Waals surface area contributed by atoms with Crippen molar-refractivity contribution in [3.63, 3.8) is 0 Å². The number of aryl methyl sites for hydroxylation is 1. The lowest BCUT2D eigenvalue weighted by Crippen LogP contribution is -2.33. The molecule has 0 spiro atoms. The summed E-state index contributed by atoms with van der Waals surface area (Å²) in [7, 11) is -4.20. The first-order valence-electron chi connectivity index (χ1n) is 12.7. The van der Waals surface area contributed by atoms with Gasteiger partial charge in [0.2, 0.25) is 21.8 Å². The molecule has 0 bridgehead atoms. The number of aromatic amines is 1. The molecule has 3 aromatic heterocycles. The zero-order chi connectivity index (χ0) is 32.7. The van der Waals surface area contributed by atoms with Crippen LogP contribution in [0.1, 0.15) is 16.8 Å². The van der Waals surface area contributed by atoms with E-state index >= 15 is 0 Å². The van der Waals surface area contributed by atoms with Gasteiger partial charge in [0, 0.05) is 29.0 Å². The molecule has 5 rings (SSSR count). The fourth-order valence-electron chi connectivity index (χ4n) is 4.81. The zero-order valence-electron chi connectivity index (χ0n) is 22.7. The Labute approximate surface area is 249 Å². The Morgan fingerprint density at radius 3 is 2.31 bits per heavy atom. The van der Waals surface area contributed by atoms with Crippen LogP contribution in [0.5, 0.6) is 17.4 Å². The lowest BCUT2D eigenvalue weighted by Gasteiger charge is -2.15. The van der Waals surface area contributed by atoms with Gasteiger partial charge in [-0.25, -0.2) is 8.42 Å². The van der Waals surface area contributed by atoms with Crippen molar-refractivity contribution in [2.45, 2.75) is 31.8 Å². The minimum absolute atomic E-state index is 0.0703. The van der Waals surface area contributed by atoms with Crippen LogP contribution in [-0.4, -0.2) is 47.1 Å². The lowest BCUT2D eigenvalue weighted by molar-refractivity contribution is -0.275. The highest BCUT2D eigenvalue weighted by Crippen LogP contribution is 2.51. The number of aromatic hydroxyl groups is 1. The first-order chi connectivity index (χ1) is 21.0. The molecule has 3 N–H and O–H groups in total. The molecular formula is C28H20F6N4O6S. The smallest absolute Gasteiger partial charge is 0.504 e. The van der Waals surface area contributed by atoms with Crippen LogP contribution in [-0.2, 0) is 27.0 Å². The molecule has 17 heteroatoms. The van der Waals surface area contributed by atoms with Gasteiger partial charge in [-0.1, -0.05) is 24.3 Å². The molecule has 0 radical (unpaired) electrons.